The maximum Gasteiger partial charge on any atom is 0.171 e. The van der Waals surface area contributed by atoms with Crippen LogP contribution in [0.15, 0.2) is 42.5 Å². The van der Waals surface area contributed by atoms with Crippen molar-refractivity contribution in [3.05, 3.63) is 53.6 Å². The number of thiocarbonyl (C=S) groups is 1. The zero-order valence-corrected chi connectivity index (χ0v) is 15.6. The molecule has 0 fully saturated rings. The number of ether oxygens (including phenoxy) is 2. The highest BCUT2D eigenvalue weighted by Gasteiger charge is 2.14. The highest BCUT2D eigenvalue weighted by Crippen LogP contribution is 2.29. The molecule has 0 amide bonds. The Labute approximate surface area is 153 Å². The number of benzene rings is 2. The van der Waals surface area contributed by atoms with Gasteiger partial charge in [-0.3, -0.25) is 4.79 Å². The number of carbonyl (C=O) groups is 1. The van der Waals surface area contributed by atoms with Crippen molar-refractivity contribution < 1.29 is 14.3 Å². The quantitative estimate of drug-likeness (QED) is 0.602. The van der Waals surface area contributed by atoms with Crippen LogP contribution in [0.3, 0.4) is 0 Å². The summed E-state index contributed by atoms with van der Waals surface area (Å²) in [6.45, 7) is 3.52. The predicted octanol–water partition coefficient (Wildman–Crippen LogP) is 3.95. The van der Waals surface area contributed by atoms with Gasteiger partial charge in [-0.2, -0.15) is 0 Å². The van der Waals surface area contributed by atoms with Gasteiger partial charge in [0.15, 0.2) is 10.9 Å². The van der Waals surface area contributed by atoms with Crippen LogP contribution in [-0.4, -0.2) is 25.1 Å². The van der Waals surface area contributed by atoms with Crippen LogP contribution in [0.4, 0.5) is 5.69 Å². The number of Topliss-reactive ketones (excluding diaryl/α,β-unsaturated/α-hetero) is 1. The van der Waals surface area contributed by atoms with E-state index in [0.29, 0.717) is 10.7 Å². The minimum atomic E-state index is -0.0963. The largest absolute Gasteiger partial charge is 0.497 e. The van der Waals surface area contributed by atoms with Crippen molar-refractivity contribution in [1.29, 1.82) is 0 Å². The van der Waals surface area contributed by atoms with Crippen molar-refractivity contribution in [3.63, 3.8) is 0 Å². The predicted molar refractivity (Wildman–Crippen MR) is 104 cm³/mol. The Morgan fingerprint density at radius 2 is 1.88 bits per heavy atom. The van der Waals surface area contributed by atoms with Crippen LogP contribution in [0.25, 0.3) is 0 Å². The molecule has 0 aromatic heterocycles. The lowest BCUT2D eigenvalue weighted by Crippen LogP contribution is -2.31. The summed E-state index contributed by atoms with van der Waals surface area (Å²) in [4.78, 5) is 11.5. The fourth-order valence-electron chi connectivity index (χ4n) is 2.44. The van der Waals surface area contributed by atoms with E-state index in [0.717, 1.165) is 22.7 Å². The fraction of sp³-hybridized carbons (Fsp3) is 0.263. The lowest BCUT2D eigenvalue weighted by Gasteiger charge is -2.20. The number of hydrogen-bond acceptors (Lipinski definition) is 4. The van der Waals surface area contributed by atoms with E-state index in [9.17, 15) is 4.79 Å². The lowest BCUT2D eigenvalue weighted by molar-refractivity contribution is 0.101. The molecule has 0 aliphatic heterocycles. The van der Waals surface area contributed by atoms with Crippen molar-refractivity contribution in [3.8, 4) is 11.5 Å². The Morgan fingerprint density at radius 3 is 2.52 bits per heavy atom. The number of nitrogens with one attached hydrogen (secondary N) is 2. The molecule has 2 aromatic carbocycles. The summed E-state index contributed by atoms with van der Waals surface area (Å²) in [5.41, 5.74) is 2.33. The molecule has 25 heavy (non-hydrogen) atoms. The smallest absolute Gasteiger partial charge is 0.171 e. The average molecular weight is 358 g/mol. The van der Waals surface area contributed by atoms with Crippen LogP contribution < -0.4 is 20.1 Å². The maximum atomic E-state index is 11.5. The molecule has 1 atom stereocenters. The van der Waals surface area contributed by atoms with E-state index in [1.54, 1.807) is 26.4 Å². The second-order valence-electron chi connectivity index (χ2n) is 5.57. The first-order chi connectivity index (χ1) is 11.9. The standard InChI is InChI=1S/C19H22N2O3S/c1-12(17-11-16(23-3)8-9-18(17)24-4)20-19(25)21-15-7-5-6-14(10-15)13(2)22/h5-12H,1-4H3,(H2,20,21,25)/t12-/m1/s1. The minimum Gasteiger partial charge on any atom is -0.497 e. The van der Waals surface area contributed by atoms with Crippen molar-refractivity contribution in [2.24, 2.45) is 0 Å². The molecule has 6 heteroatoms. The van der Waals surface area contributed by atoms with Gasteiger partial charge in [0, 0.05) is 16.8 Å². The second-order valence-corrected chi connectivity index (χ2v) is 5.97. The second kappa shape index (κ2) is 8.48. The molecule has 0 aliphatic carbocycles. The van der Waals surface area contributed by atoms with Gasteiger partial charge in [-0.15, -0.1) is 0 Å². The minimum absolute atomic E-state index is 0.0111. The van der Waals surface area contributed by atoms with Gasteiger partial charge in [-0.05, 0) is 56.4 Å². The third-order valence-electron chi connectivity index (χ3n) is 3.78. The third-order valence-corrected chi connectivity index (χ3v) is 4.00. The van der Waals surface area contributed by atoms with E-state index < -0.39 is 0 Å². The van der Waals surface area contributed by atoms with Crippen LogP contribution in [0.5, 0.6) is 11.5 Å². The molecule has 0 bridgehead atoms. The zero-order chi connectivity index (χ0) is 18.4. The van der Waals surface area contributed by atoms with Crippen LogP contribution >= 0.6 is 12.2 Å². The molecule has 5 nitrogen and oxygen atoms in total. The van der Waals surface area contributed by atoms with E-state index in [1.165, 1.54) is 6.92 Å². The lowest BCUT2D eigenvalue weighted by atomic mass is 10.1. The van der Waals surface area contributed by atoms with Gasteiger partial charge in [0.1, 0.15) is 11.5 Å². The average Bonchev–Trinajstić information content (AvgIpc) is 2.61. The van der Waals surface area contributed by atoms with Crippen LogP contribution in [-0.2, 0) is 0 Å². The normalized spacial score (nSPS) is 11.4. The summed E-state index contributed by atoms with van der Waals surface area (Å²) >= 11 is 5.38. The van der Waals surface area contributed by atoms with Crippen molar-refractivity contribution in [1.82, 2.24) is 5.32 Å². The van der Waals surface area contributed by atoms with Gasteiger partial charge in [0.2, 0.25) is 0 Å². The highest BCUT2D eigenvalue weighted by molar-refractivity contribution is 7.80. The summed E-state index contributed by atoms with van der Waals surface area (Å²) in [5, 5.41) is 6.78. The molecular formula is C19H22N2O3S. The van der Waals surface area contributed by atoms with Crippen LogP contribution in [0.2, 0.25) is 0 Å². The van der Waals surface area contributed by atoms with E-state index in [1.807, 2.05) is 37.3 Å². The maximum absolute atomic E-state index is 11.5. The first-order valence-electron chi connectivity index (χ1n) is 7.85. The van der Waals surface area contributed by atoms with Gasteiger partial charge < -0.3 is 20.1 Å². The monoisotopic (exact) mass is 358 g/mol. The molecule has 0 spiro atoms. The van der Waals surface area contributed by atoms with Gasteiger partial charge in [0.25, 0.3) is 0 Å². The Hall–Kier alpha value is -2.60. The van der Waals surface area contributed by atoms with Gasteiger partial charge >= 0.3 is 0 Å². The molecule has 2 aromatic rings. The number of anilines is 1. The summed E-state index contributed by atoms with van der Waals surface area (Å²) in [6, 6.07) is 12.7. The summed E-state index contributed by atoms with van der Waals surface area (Å²) in [7, 11) is 3.25. The van der Waals surface area contributed by atoms with Gasteiger partial charge in [-0.1, -0.05) is 12.1 Å². The molecule has 0 heterocycles. The zero-order valence-electron chi connectivity index (χ0n) is 14.8. The SMILES string of the molecule is COc1ccc(OC)c([C@@H](C)NC(=S)Nc2cccc(C(C)=O)c2)c1. The third kappa shape index (κ3) is 4.93. The summed E-state index contributed by atoms with van der Waals surface area (Å²) in [6.07, 6.45) is 0. The summed E-state index contributed by atoms with van der Waals surface area (Å²) in [5.74, 6) is 1.51. The Kier molecular flexibility index (Phi) is 6.36. The molecule has 0 aliphatic rings. The van der Waals surface area contributed by atoms with Gasteiger partial charge in [-0.25, -0.2) is 0 Å². The topological polar surface area (TPSA) is 59.6 Å². The molecule has 0 saturated heterocycles. The number of methoxy groups -OCH3 is 2. The van der Waals surface area contributed by atoms with E-state index in [2.05, 4.69) is 10.6 Å². The first-order valence-corrected chi connectivity index (χ1v) is 8.26. The molecular weight excluding hydrogens is 336 g/mol. The molecule has 0 saturated carbocycles. The van der Waals surface area contributed by atoms with E-state index >= 15 is 0 Å². The Bertz CT molecular complexity index is 777. The number of carbonyl (C=O) groups excluding carboxylic acids is 1. The highest BCUT2D eigenvalue weighted by atomic mass is 32.1. The van der Waals surface area contributed by atoms with E-state index in [4.69, 9.17) is 21.7 Å². The van der Waals surface area contributed by atoms with Crippen molar-refractivity contribution in [2.75, 3.05) is 19.5 Å². The van der Waals surface area contributed by atoms with Gasteiger partial charge in [0.05, 0.1) is 20.3 Å². The molecule has 2 rings (SSSR count). The Morgan fingerprint density at radius 1 is 1.12 bits per heavy atom. The van der Waals surface area contributed by atoms with Crippen molar-refractivity contribution in [2.45, 2.75) is 19.9 Å². The number of rotatable bonds is 6. The van der Waals surface area contributed by atoms with Crippen LogP contribution in [0, 0.1) is 0 Å². The van der Waals surface area contributed by atoms with Crippen LogP contribution in [0.1, 0.15) is 35.8 Å². The first kappa shape index (κ1) is 18.7. The molecule has 0 unspecified atom stereocenters. The molecule has 132 valence electrons. The Balaban J connectivity index is 2.10. The van der Waals surface area contributed by atoms with E-state index in [-0.39, 0.29) is 11.8 Å². The van der Waals surface area contributed by atoms with Crippen molar-refractivity contribution >= 4 is 28.8 Å². The molecule has 0 radical (unpaired) electrons. The summed E-state index contributed by atoms with van der Waals surface area (Å²) < 4.78 is 10.7. The fourth-order valence-corrected chi connectivity index (χ4v) is 2.73. The number of hydrogen-bond donors (Lipinski definition) is 2. The number of ketones is 1. The molecule has 2 N–H and O–H groups in total.